The van der Waals surface area contributed by atoms with Crippen LogP contribution in [0, 0.1) is 5.82 Å². The predicted molar refractivity (Wildman–Crippen MR) is 69.2 cm³/mol. The van der Waals surface area contributed by atoms with Crippen molar-refractivity contribution in [2.45, 2.75) is 4.90 Å². The first-order chi connectivity index (χ1) is 7.91. The fraction of sp³-hybridized carbons (Fsp3) is 0.417. The van der Waals surface area contributed by atoms with E-state index in [4.69, 9.17) is 0 Å². The van der Waals surface area contributed by atoms with Crippen LogP contribution < -0.4 is 0 Å². The number of likely N-dealkylation sites (N-methyl/N-ethyl adjacent to an activating group) is 2. The Bertz CT molecular complexity index is 409. The molecule has 0 aliphatic carbocycles. The Morgan fingerprint density at radius 1 is 1.29 bits per heavy atom. The number of nitrogens with zero attached hydrogens (tertiary/aromatic N) is 2. The lowest BCUT2D eigenvalue weighted by Gasteiger charge is -2.20. The van der Waals surface area contributed by atoms with Gasteiger partial charge in [0.25, 0.3) is 5.91 Å². The Hall–Kier alpha value is -1.07. The minimum absolute atomic E-state index is 0.0683. The second-order valence-electron chi connectivity index (χ2n) is 4.19. The third kappa shape index (κ3) is 4.02. The molecule has 0 heterocycles. The lowest BCUT2D eigenvalue weighted by molar-refractivity contribution is 0.0781. The van der Waals surface area contributed by atoms with Gasteiger partial charge in [0.15, 0.2) is 0 Å². The van der Waals surface area contributed by atoms with Crippen LogP contribution in [0.2, 0.25) is 0 Å². The van der Waals surface area contributed by atoms with Gasteiger partial charge in [-0.3, -0.25) is 4.79 Å². The molecule has 17 heavy (non-hydrogen) atoms. The molecule has 0 N–H and O–H groups in total. The largest absolute Gasteiger partial charge is 0.340 e. The Morgan fingerprint density at radius 2 is 1.94 bits per heavy atom. The molecule has 0 unspecified atom stereocenters. The molecule has 3 nitrogen and oxygen atoms in total. The van der Waals surface area contributed by atoms with Gasteiger partial charge in [-0.2, -0.15) is 0 Å². The zero-order valence-corrected chi connectivity index (χ0v) is 11.2. The monoisotopic (exact) mass is 256 g/mol. The summed E-state index contributed by atoms with van der Waals surface area (Å²) in [5.41, 5.74) is 0.0683. The number of carbonyl (C=O) groups is 1. The lowest BCUT2D eigenvalue weighted by Crippen LogP contribution is -2.33. The van der Waals surface area contributed by atoms with E-state index in [2.05, 4.69) is 12.6 Å². The molecule has 0 aliphatic rings. The van der Waals surface area contributed by atoms with Crippen LogP contribution in [0.1, 0.15) is 10.4 Å². The second-order valence-corrected chi connectivity index (χ2v) is 4.71. The van der Waals surface area contributed by atoms with Crippen molar-refractivity contribution in [2.75, 3.05) is 34.2 Å². The molecule has 0 atom stereocenters. The number of carbonyl (C=O) groups excluding carboxylic acids is 1. The molecule has 5 heteroatoms. The maximum atomic E-state index is 13.5. The SMILES string of the molecule is CN(C)CCN(C)C(=O)c1cc(S)ccc1F. The average Bonchev–Trinajstić information content (AvgIpc) is 2.28. The van der Waals surface area contributed by atoms with E-state index >= 15 is 0 Å². The standard InChI is InChI=1S/C12H17FN2OS/c1-14(2)6-7-15(3)12(16)10-8-9(17)4-5-11(10)13/h4-5,8,17H,6-7H2,1-3H3. The molecule has 1 rings (SSSR count). The van der Waals surface area contributed by atoms with E-state index in [1.165, 1.54) is 23.1 Å². The normalized spacial score (nSPS) is 10.7. The summed E-state index contributed by atoms with van der Waals surface area (Å²) < 4.78 is 13.5. The second kappa shape index (κ2) is 6.02. The molecule has 0 aliphatic heterocycles. The van der Waals surface area contributed by atoms with Crippen molar-refractivity contribution in [1.29, 1.82) is 0 Å². The number of hydrogen-bond acceptors (Lipinski definition) is 3. The van der Waals surface area contributed by atoms with Crippen LogP contribution in [0.15, 0.2) is 23.1 Å². The van der Waals surface area contributed by atoms with Gasteiger partial charge in [-0.1, -0.05) is 0 Å². The highest BCUT2D eigenvalue weighted by molar-refractivity contribution is 7.80. The number of benzene rings is 1. The summed E-state index contributed by atoms with van der Waals surface area (Å²) in [6.07, 6.45) is 0. The molecule has 1 amide bonds. The fourth-order valence-electron chi connectivity index (χ4n) is 1.33. The first kappa shape index (κ1) is 14.0. The molecule has 0 aromatic heterocycles. The van der Waals surface area contributed by atoms with Crippen molar-refractivity contribution in [3.63, 3.8) is 0 Å². The van der Waals surface area contributed by atoms with Gasteiger partial charge >= 0.3 is 0 Å². The van der Waals surface area contributed by atoms with Crippen LogP contribution in [0.5, 0.6) is 0 Å². The van der Waals surface area contributed by atoms with Gasteiger partial charge < -0.3 is 9.80 Å². The van der Waals surface area contributed by atoms with Gasteiger partial charge in [-0.25, -0.2) is 4.39 Å². The molecule has 0 saturated heterocycles. The van der Waals surface area contributed by atoms with E-state index in [9.17, 15) is 9.18 Å². The maximum Gasteiger partial charge on any atom is 0.256 e. The van der Waals surface area contributed by atoms with Crippen LogP contribution in [0.4, 0.5) is 4.39 Å². The lowest BCUT2D eigenvalue weighted by atomic mass is 10.2. The molecule has 0 radical (unpaired) electrons. The minimum Gasteiger partial charge on any atom is -0.340 e. The fourth-order valence-corrected chi connectivity index (χ4v) is 1.54. The van der Waals surface area contributed by atoms with Crippen LogP contribution in [-0.2, 0) is 0 Å². The van der Waals surface area contributed by atoms with Gasteiger partial charge in [0.05, 0.1) is 5.56 Å². The molecule has 0 saturated carbocycles. The smallest absolute Gasteiger partial charge is 0.256 e. The van der Waals surface area contributed by atoms with E-state index in [1.807, 2.05) is 19.0 Å². The Kier molecular flexibility index (Phi) is 4.96. The van der Waals surface area contributed by atoms with Crippen molar-refractivity contribution >= 4 is 18.5 Å². The molecular formula is C12H17FN2OS. The summed E-state index contributed by atoms with van der Waals surface area (Å²) in [7, 11) is 5.51. The third-order valence-corrected chi connectivity index (χ3v) is 2.69. The zero-order valence-electron chi connectivity index (χ0n) is 10.3. The highest BCUT2D eigenvalue weighted by atomic mass is 32.1. The predicted octanol–water partition coefficient (Wildman–Crippen LogP) is 1.75. The van der Waals surface area contributed by atoms with Gasteiger partial charge in [-0.15, -0.1) is 12.6 Å². The molecule has 0 bridgehead atoms. The van der Waals surface area contributed by atoms with Gasteiger partial charge in [-0.05, 0) is 32.3 Å². The summed E-state index contributed by atoms with van der Waals surface area (Å²) in [6.45, 7) is 1.30. The number of halogens is 1. The number of hydrogen-bond donors (Lipinski definition) is 1. The molecule has 94 valence electrons. The van der Waals surface area contributed by atoms with E-state index in [0.717, 1.165) is 6.54 Å². The maximum absolute atomic E-state index is 13.5. The number of amides is 1. The highest BCUT2D eigenvalue weighted by Crippen LogP contribution is 2.15. The topological polar surface area (TPSA) is 23.6 Å². The van der Waals surface area contributed by atoms with E-state index < -0.39 is 5.82 Å². The van der Waals surface area contributed by atoms with E-state index in [0.29, 0.717) is 11.4 Å². The summed E-state index contributed by atoms with van der Waals surface area (Å²) in [5, 5.41) is 0. The highest BCUT2D eigenvalue weighted by Gasteiger charge is 2.16. The summed E-state index contributed by atoms with van der Waals surface area (Å²) in [6, 6.07) is 4.23. The molecule has 0 fully saturated rings. The van der Waals surface area contributed by atoms with E-state index in [1.54, 1.807) is 7.05 Å². The quantitative estimate of drug-likeness (QED) is 0.830. The first-order valence-electron chi connectivity index (χ1n) is 5.30. The Morgan fingerprint density at radius 3 is 2.53 bits per heavy atom. The Balaban J connectivity index is 2.78. The number of rotatable bonds is 4. The number of thiol groups is 1. The molecule has 1 aromatic carbocycles. The van der Waals surface area contributed by atoms with E-state index in [-0.39, 0.29) is 11.5 Å². The van der Waals surface area contributed by atoms with Crippen LogP contribution in [0.25, 0.3) is 0 Å². The van der Waals surface area contributed by atoms with Crippen LogP contribution in [-0.4, -0.2) is 49.9 Å². The summed E-state index contributed by atoms with van der Waals surface area (Å²) in [5.74, 6) is -0.829. The first-order valence-corrected chi connectivity index (χ1v) is 5.75. The van der Waals surface area contributed by atoms with Crippen LogP contribution >= 0.6 is 12.6 Å². The summed E-state index contributed by atoms with van der Waals surface area (Å²) in [4.78, 5) is 16.0. The minimum atomic E-state index is -0.510. The van der Waals surface area contributed by atoms with Gasteiger partial charge in [0.1, 0.15) is 5.82 Å². The average molecular weight is 256 g/mol. The molecule has 0 spiro atoms. The van der Waals surface area contributed by atoms with Crippen molar-refractivity contribution in [3.05, 3.63) is 29.6 Å². The zero-order chi connectivity index (χ0) is 13.0. The summed E-state index contributed by atoms with van der Waals surface area (Å²) >= 11 is 4.10. The molecule has 1 aromatic rings. The van der Waals surface area contributed by atoms with Crippen molar-refractivity contribution in [1.82, 2.24) is 9.80 Å². The van der Waals surface area contributed by atoms with Crippen molar-refractivity contribution in [2.24, 2.45) is 0 Å². The van der Waals surface area contributed by atoms with Gasteiger partial charge in [0.2, 0.25) is 0 Å². The van der Waals surface area contributed by atoms with Crippen LogP contribution in [0.3, 0.4) is 0 Å². The third-order valence-electron chi connectivity index (χ3n) is 2.41. The Labute approximate surface area is 107 Å². The van der Waals surface area contributed by atoms with Crippen molar-refractivity contribution < 1.29 is 9.18 Å². The van der Waals surface area contributed by atoms with Crippen molar-refractivity contribution in [3.8, 4) is 0 Å². The van der Waals surface area contributed by atoms with Gasteiger partial charge in [0, 0.05) is 25.0 Å². The molecular weight excluding hydrogens is 239 g/mol.